The van der Waals surface area contributed by atoms with Crippen molar-refractivity contribution in [1.82, 2.24) is 4.90 Å². The van der Waals surface area contributed by atoms with Gasteiger partial charge in [0.2, 0.25) is 0 Å². The summed E-state index contributed by atoms with van der Waals surface area (Å²) in [6.07, 6.45) is 7.28. The Kier molecular flexibility index (Phi) is 2.35. The first-order chi connectivity index (χ1) is 10.5. The van der Waals surface area contributed by atoms with Crippen molar-refractivity contribution in [3.8, 4) is 0 Å². The van der Waals surface area contributed by atoms with E-state index in [1.54, 1.807) is 11.9 Å². The molecule has 1 atom stereocenters. The molecule has 1 heterocycles. The van der Waals surface area contributed by atoms with Crippen molar-refractivity contribution in [2.45, 2.75) is 44.2 Å². The van der Waals surface area contributed by atoms with E-state index in [-0.39, 0.29) is 11.3 Å². The maximum atomic E-state index is 12.7. The molecule has 1 aromatic rings. The van der Waals surface area contributed by atoms with Crippen molar-refractivity contribution < 1.29 is 9.90 Å². The van der Waals surface area contributed by atoms with E-state index >= 15 is 0 Å². The van der Waals surface area contributed by atoms with E-state index in [4.69, 9.17) is 0 Å². The fraction of sp³-hybridized carbons (Fsp3) is 0.632. The smallest absolute Gasteiger partial charge is 0.256 e. The van der Waals surface area contributed by atoms with Crippen molar-refractivity contribution in [2.24, 2.45) is 23.2 Å². The van der Waals surface area contributed by atoms with Gasteiger partial charge in [0.05, 0.1) is 0 Å². The molecular weight excluding hydrogens is 274 g/mol. The minimum absolute atomic E-state index is 0.0196. The monoisotopic (exact) mass is 297 g/mol. The highest BCUT2D eigenvalue weighted by Crippen LogP contribution is 2.67. The zero-order valence-electron chi connectivity index (χ0n) is 13.1. The summed E-state index contributed by atoms with van der Waals surface area (Å²) in [5.74, 6) is 2.25. The molecule has 3 heteroatoms. The van der Waals surface area contributed by atoms with Gasteiger partial charge in [-0.1, -0.05) is 18.2 Å². The van der Waals surface area contributed by atoms with E-state index in [0.717, 1.165) is 42.6 Å². The number of hydrogen-bond acceptors (Lipinski definition) is 2. The largest absolute Gasteiger partial charge is 0.366 e. The fourth-order valence-electron chi connectivity index (χ4n) is 6.66. The van der Waals surface area contributed by atoms with Crippen LogP contribution in [0.2, 0.25) is 0 Å². The fourth-order valence-corrected chi connectivity index (χ4v) is 6.66. The van der Waals surface area contributed by atoms with Gasteiger partial charge in [0, 0.05) is 23.6 Å². The molecule has 5 aliphatic rings. The lowest BCUT2D eigenvalue weighted by Crippen LogP contribution is -2.61. The number of hydrogen-bond donors (Lipinski definition) is 1. The molecule has 0 radical (unpaired) electrons. The number of benzene rings is 1. The molecule has 1 unspecified atom stereocenters. The Morgan fingerprint density at radius 2 is 1.59 bits per heavy atom. The van der Waals surface area contributed by atoms with Crippen LogP contribution in [-0.4, -0.2) is 23.0 Å². The van der Waals surface area contributed by atoms with Crippen LogP contribution in [0.5, 0.6) is 0 Å². The van der Waals surface area contributed by atoms with E-state index in [9.17, 15) is 9.90 Å². The molecule has 1 aliphatic heterocycles. The van der Waals surface area contributed by atoms with E-state index < -0.39 is 5.72 Å². The van der Waals surface area contributed by atoms with Gasteiger partial charge in [-0.3, -0.25) is 4.79 Å². The van der Waals surface area contributed by atoms with Gasteiger partial charge < -0.3 is 10.0 Å². The zero-order chi connectivity index (χ0) is 15.1. The summed E-state index contributed by atoms with van der Waals surface area (Å²) in [7, 11) is 1.79. The van der Waals surface area contributed by atoms with E-state index in [1.165, 1.54) is 19.3 Å². The Morgan fingerprint density at radius 3 is 2.18 bits per heavy atom. The zero-order valence-corrected chi connectivity index (χ0v) is 13.1. The molecule has 4 bridgehead atoms. The van der Waals surface area contributed by atoms with Crippen LogP contribution in [0.25, 0.3) is 0 Å². The van der Waals surface area contributed by atoms with Gasteiger partial charge in [-0.2, -0.15) is 0 Å². The second kappa shape index (κ2) is 3.94. The minimum atomic E-state index is -1.10. The highest BCUT2D eigenvalue weighted by atomic mass is 16.3. The predicted octanol–water partition coefficient (Wildman–Crippen LogP) is 3.13. The summed E-state index contributed by atoms with van der Waals surface area (Å²) in [5, 5.41) is 11.9. The van der Waals surface area contributed by atoms with Gasteiger partial charge in [-0.25, -0.2) is 0 Å². The Morgan fingerprint density at radius 1 is 1.05 bits per heavy atom. The van der Waals surface area contributed by atoms with Crippen molar-refractivity contribution in [1.29, 1.82) is 0 Å². The molecule has 3 nitrogen and oxygen atoms in total. The van der Waals surface area contributed by atoms with Crippen LogP contribution in [0, 0.1) is 23.2 Å². The van der Waals surface area contributed by atoms with E-state index in [2.05, 4.69) is 0 Å². The highest BCUT2D eigenvalue weighted by Gasteiger charge is 2.65. The molecule has 0 aromatic heterocycles. The van der Waals surface area contributed by atoms with Gasteiger partial charge in [0.15, 0.2) is 5.72 Å². The number of aliphatic hydroxyl groups is 1. The number of carbonyl (C=O) groups is 1. The van der Waals surface area contributed by atoms with Crippen LogP contribution in [0.15, 0.2) is 24.3 Å². The van der Waals surface area contributed by atoms with E-state index in [1.807, 2.05) is 24.3 Å². The molecule has 22 heavy (non-hydrogen) atoms. The van der Waals surface area contributed by atoms with Crippen LogP contribution in [0.3, 0.4) is 0 Å². The standard InChI is InChI=1S/C19H23NO2/c1-20-17(21)15-4-2-3-5-16(15)19(20,22)18-9-12-6-13(10-18)8-14(7-12)11-18/h2-5,12-14,22H,6-11H2,1H3. The lowest BCUT2D eigenvalue weighted by Gasteiger charge is -2.62. The minimum Gasteiger partial charge on any atom is -0.366 e. The molecule has 1 N–H and O–H groups in total. The topological polar surface area (TPSA) is 40.5 Å². The molecular formula is C19H23NO2. The average Bonchev–Trinajstić information content (AvgIpc) is 2.70. The predicted molar refractivity (Wildman–Crippen MR) is 83.0 cm³/mol. The van der Waals surface area contributed by atoms with Gasteiger partial charge in [0.25, 0.3) is 5.91 Å². The maximum Gasteiger partial charge on any atom is 0.256 e. The molecule has 1 amide bonds. The summed E-state index contributed by atoms with van der Waals surface area (Å²) in [6.45, 7) is 0. The highest BCUT2D eigenvalue weighted by molar-refractivity contribution is 5.99. The molecule has 4 saturated carbocycles. The summed E-state index contributed by atoms with van der Waals surface area (Å²) in [4.78, 5) is 14.3. The Balaban J connectivity index is 1.69. The summed E-state index contributed by atoms with van der Waals surface area (Å²) >= 11 is 0. The van der Waals surface area contributed by atoms with Crippen LogP contribution >= 0.6 is 0 Å². The summed E-state index contributed by atoms with van der Waals surface area (Å²) in [5.41, 5.74) is 0.322. The first kappa shape index (κ1) is 13.1. The number of fused-ring (bicyclic) bond motifs is 1. The average molecular weight is 297 g/mol. The van der Waals surface area contributed by atoms with Gasteiger partial charge in [-0.15, -0.1) is 0 Å². The third kappa shape index (κ3) is 1.35. The number of carbonyl (C=O) groups excluding carboxylic acids is 1. The molecule has 6 rings (SSSR count). The molecule has 0 saturated heterocycles. The number of amides is 1. The summed E-state index contributed by atoms with van der Waals surface area (Å²) in [6, 6.07) is 7.69. The third-order valence-electron chi connectivity index (χ3n) is 7.10. The van der Waals surface area contributed by atoms with E-state index in [0.29, 0.717) is 5.56 Å². The first-order valence-electron chi connectivity index (χ1n) is 8.63. The van der Waals surface area contributed by atoms with Crippen molar-refractivity contribution >= 4 is 5.91 Å². The SMILES string of the molecule is CN1C(=O)c2ccccc2C1(O)C12CC3CC(CC(C3)C1)C2. The van der Waals surface area contributed by atoms with Gasteiger partial charge in [-0.05, 0) is 62.3 Å². The normalized spacial score (nSPS) is 45.5. The number of nitrogens with zero attached hydrogens (tertiary/aromatic N) is 1. The van der Waals surface area contributed by atoms with Crippen molar-refractivity contribution in [2.75, 3.05) is 7.05 Å². The quantitative estimate of drug-likeness (QED) is 0.865. The van der Waals surface area contributed by atoms with Crippen LogP contribution in [0.4, 0.5) is 0 Å². The lowest BCUT2D eigenvalue weighted by atomic mass is 9.46. The number of rotatable bonds is 1. The Bertz CT molecular complexity index is 632. The Labute approximate surface area is 131 Å². The molecule has 1 aromatic carbocycles. The second-order valence-corrected chi connectivity index (χ2v) is 8.28. The Hall–Kier alpha value is -1.35. The third-order valence-corrected chi connectivity index (χ3v) is 7.10. The first-order valence-corrected chi connectivity index (χ1v) is 8.63. The lowest BCUT2D eigenvalue weighted by molar-refractivity contribution is -0.233. The van der Waals surface area contributed by atoms with Crippen LogP contribution in [0.1, 0.15) is 54.4 Å². The van der Waals surface area contributed by atoms with Gasteiger partial charge in [0.1, 0.15) is 0 Å². The molecule has 4 fully saturated rings. The van der Waals surface area contributed by atoms with Gasteiger partial charge >= 0.3 is 0 Å². The van der Waals surface area contributed by atoms with Crippen LogP contribution in [-0.2, 0) is 5.72 Å². The summed E-state index contributed by atoms with van der Waals surface area (Å²) < 4.78 is 0. The maximum absolute atomic E-state index is 12.7. The second-order valence-electron chi connectivity index (χ2n) is 8.28. The van der Waals surface area contributed by atoms with Crippen LogP contribution < -0.4 is 0 Å². The molecule has 0 spiro atoms. The molecule has 4 aliphatic carbocycles. The van der Waals surface area contributed by atoms with Crippen molar-refractivity contribution in [3.05, 3.63) is 35.4 Å². The van der Waals surface area contributed by atoms with Crippen molar-refractivity contribution in [3.63, 3.8) is 0 Å². The molecule has 116 valence electrons.